The lowest BCUT2D eigenvalue weighted by Crippen LogP contribution is -2.50. The molecule has 9 heteroatoms. The van der Waals surface area contributed by atoms with Crippen molar-refractivity contribution in [3.63, 3.8) is 0 Å². The summed E-state index contributed by atoms with van der Waals surface area (Å²) in [6, 6.07) is 10.2. The van der Waals surface area contributed by atoms with Gasteiger partial charge in [0, 0.05) is 43.5 Å². The number of carbonyl (C=O) groups excluding carboxylic acids is 1. The first-order chi connectivity index (χ1) is 16.4. The molecule has 1 fully saturated rings. The highest BCUT2D eigenvalue weighted by Gasteiger charge is 2.26. The number of rotatable bonds is 8. The minimum atomic E-state index is -0.0928. The Morgan fingerprint density at radius 3 is 2.65 bits per heavy atom. The molecule has 178 valence electrons. The fourth-order valence-corrected chi connectivity index (χ4v) is 4.07. The first-order valence-electron chi connectivity index (χ1n) is 11.7. The maximum absolute atomic E-state index is 12.5. The predicted octanol–water partition coefficient (Wildman–Crippen LogP) is 3.68. The van der Waals surface area contributed by atoms with E-state index in [1.807, 2.05) is 61.0 Å². The average molecular weight is 461 g/mol. The molecule has 3 heterocycles. The Labute approximate surface area is 200 Å². The fourth-order valence-electron chi connectivity index (χ4n) is 4.07. The SMILES string of the molecule is CCN1CCN(c2nc(C=N)c(NC(C)C)c(NC(C)c3cnc4ccccc4c3)n2)CC1=O. The summed E-state index contributed by atoms with van der Waals surface area (Å²) in [5.74, 6) is 1.11. The van der Waals surface area contributed by atoms with E-state index in [0.717, 1.165) is 16.5 Å². The van der Waals surface area contributed by atoms with Gasteiger partial charge in [0.2, 0.25) is 11.9 Å². The average Bonchev–Trinajstić information content (AvgIpc) is 2.84. The Bertz CT molecular complexity index is 1190. The molecule has 1 saturated heterocycles. The van der Waals surface area contributed by atoms with E-state index in [9.17, 15) is 4.79 Å². The van der Waals surface area contributed by atoms with Gasteiger partial charge in [-0.05, 0) is 45.4 Å². The van der Waals surface area contributed by atoms with E-state index in [1.165, 1.54) is 6.21 Å². The maximum Gasteiger partial charge on any atom is 0.242 e. The van der Waals surface area contributed by atoms with Crippen molar-refractivity contribution >= 4 is 40.5 Å². The van der Waals surface area contributed by atoms with Crippen molar-refractivity contribution < 1.29 is 4.79 Å². The lowest BCUT2D eigenvalue weighted by molar-refractivity contribution is -0.130. The predicted molar refractivity (Wildman–Crippen MR) is 137 cm³/mol. The minimum absolute atomic E-state index is 0.0586. The van der Waals surface area contributed by atoms with Crippen LogP contribution in [0.2, 0.25) is 0 Å². The summed E-state index contributed by atoms with van der Waals surface area (Å²) < 4.78 is 0. The minimum Gasteiger partial charge on any atom is -0.378 e. The van der Waals surface area contributed by atoms with E-state index in [2.05, 4.69) is 33.6 Å². The second-order valence-corrected chi connectivity index (χ2v) is 8.80. The molecule has 3 N–H and O–H groups in total. The molecule has 0 spiro atoms. The first-order valence-corrected chi connectivity index (χ1v) is 11.7. The zero-order chi connectivity index (χ0) is 24.2. The van der Waals surface area contributed by atoms with Crippen LogP contribution in [0, 0.1) is 5.41 Å². The second kappa shape index (κ2) is 10.0. The van der Waals surface area contributed by atoms with Gasteiger partial charge in [0.05, 0.1) is 18.1 Å². The van der Waals surface area contributed by atoms with Gasteiger partial charge in [-0.2, -0.15) is 4.98 Å². The molecule has 34 heavy (non-hydrogen) atoms. The second-order valence-electron chi connectivity index (χ2n) is 8.80. The molecule has 1 amide bonds. The zero-order valence-electron chi connectivity index (χ0n) is 20.2. The van der Waals surface area contributed by atoms with Crippen LogP contribution in [0.15, 0.2) is 36.5 Å². The normalized spacial score (nSPS) is 15.0. The van der Waals surface area contributed by atoms with E-state index in [0.29, 0.717) is 42.8 Å². The molecule has 4 rings (SSSR count). The van der Waals surface area contributed by atoms with Crippen molar-refractivity contribution in [1.29, 1.82) is 5.41 Å². The summed E-state index contributed by atoms with van der Waals surface area (Å²) in [7, 11) is 0. The molecule has 1 atom stereocenters. The van der Waals surface area contributed by atoms with Crippen LogP contribution < -0.4 is 15.5 Å². The largest absolute Gasteiger partial charge is 0.378 e. The van der Waals surface area contributed by atoms with E-state index in [4.69, 9.17) is 10.4 Å². The van der Waals surface area contributed by atoms with Crippen LogP contribution in [0.5, 0.6) is 0 Å². The highest BCUT2D eigenvalue weighted by Crippen LogP contribution is 2.30. The van der Waals surface area contributed by atoms with Crippen LogP contribution in [-0.2, 0) is 4.79 Å². The third kappa shape index (κ3) is 4.93. The topological polar surface area (TPSA) is 110 Å². The number of hydrogen-bond donors (Lipinski definition) is 3. The zero-order valence-corrected chi connectivity index (χ0v) is 20.2. The van der Waals surface area contributed by atoms with Crippen LogP contribution in [0.3, 0.4) is 0 Å². The Morgan fingerprint density at radius 2 is 1.94 bits per heavy atom. The van der Waals surface area contributed by atoms with Crippen molar-refractivity contribution in [2.24, 2.45) is 0 Å². The van der Waals surface area contributed by atoms with Crippen molar-refractivity contribution in [1.82, 2.24) is 19.9 Å². The molecule has 9 nitrogen and oxygen atoms in total. The van der Waals surface area contributed by atoms with E-state index in [-0.39, 0.29) is 24.5 Å². The molecule has 0 aliphatic carbocycles. The van der Waals surface area contributed by atoms with Crippen molar-refractivity contribution in [2.45, 2.75) is 39.8 Å². The van der Waals surface area contributed by atoms with Crippen LogP contribution in [0.1, 0.15) is 45.0 Å². The number of amides is 1. The quantitative estimate of drug-likeness (QED) is 0.440. The van der Waals surface area contributed by atoms with Crippen LogP contribution in [-0.4, -0.2) is 64.2 Å². The van der Waals surface area contributed by atoms with Crippen molar-refractivity contribution in [3.05, 3.63) is 47.8 Å². The molecular formula is C25H32N8O. The highest BCUT2D eigenvalue weighted by molar-refractivity contribution is 5.89. The molecule has 0 bridgehead atoms. The van der Waals surface area contributed by atoms with Gasteiger partial charge >= 0.3 is 0 Å². The van der Waals surface area contributed by atoms with E-state index in [1.54, 1.807) is 0 Å². The van der Waals surface area contributed by atoms with Crippen LogP contribution >= 0.6 is 0 Å². The number of anilines is 3. The molecule has 3 aromatic rings. The molecule has 0 saturated carbocycles. The Morgan fingerprint density at radius 1 is 1.15 bits per heavy atom. The summed E-state index contributed by atoms with van der Waals surface area (Å²) in [6.07, 6.45) is 3.10. The molecular weight excluding hydrogens is 428 g/mol. The van der Waals surface area contributed by atoms with Gasteiger partial charge in [-0.1, -0.05) is 18.2 Å². The summed E-state index contributed by atoms with van der Waals surface area (Å²) in [5.41, 5.74) is 3.13. The van der Waals surface area contributed by atoms with Gasteiger partial charge in [-0.15, -0.1) is 0 Å². The third-order valence-corrected chi connectivity index (χ3v) is 5.94. The van der Waals surface area contributed by atoms with Gasteiger partial charge in [-0.25, -0.2) is 4.98 Å². The number of nitrogens with one attached hydrogen (secondary N) is 3. The number of likely N-dealkylation sites (N-methyl/N-ethyl adjacent to an activating group) is 1. The highest BCUT2D eigenvalue weighted by atomic mass is 16.2. The van der Waals surface area contributed by atoms with Gasteiger partial charge < -0.3 is 25.8 Å². The molecule has 2 aromatic heterocycles. The summed E-state index contributed by atoms with van der Waals surface area (Å²) in [5, 5.41) is 16.0. The van der Waals surface area contributed by atoms with Gasteiger partial charge in [0.1, 0.15) is 11.4 Å². The van der Waals surface area contributed by atoms with E-state index < -0.39 is 0 Å². The summed E-state index contributed by atoms with van der Waals surface area (Å²) >= 11 is 0. The lowest BCUT2D eigenvalue weighted by Gasteiger charge is -2.34. The van der Waals surface area contributed by atoms with Crippen molar-refractivity contribution in [3.8, 4) is 0 Å². The van der Waals surface area contributed by atoms with Crippen LogP contribution in [0.25, 0.3) is 10.9 Å². The number of hydrogen-bond acceptors (Lipinski definition) is 8. The molecule has 0 radical (unpaired) electrons. The number of pyridine rings is 1. The molecule has 1 unspecified atom stereocenters. The molecule has 1 aliphatic rings. The lowest BCUT2D eigenvalue weighted by atomic mass is 10.1. The molecule has 1 aromatic carbocycles. The Balaban J connectivity index is 1.68. The monoisotopic (exact) mass is 460 g/mol. The maximum atomic E-state index is 12.5. The van der Waals surface area contributed by atoms with Gasteiger partial charge in [0.15, 0.2) is 5.82 Å². The Hall–Kier alpha value is -3.75. The van der Waals surface area contributed by atoms with E-state index >= 15 is 0 Å². The van der Waals surface area contributed by atoms with Gasteiger partial charge in [0.25, 0.3) is 0 Å². The van der Waals surface area contributed by atoms with Gasteiger partial charge in [-0.3, -0.25) is 9.78 Å². The van der Waals surface area contributed by atoms with Crippen LogP contribution in [0.4, 0.5) is 17.5 Å². The molecule has 1 aliphatic heterocycles. The Kier molecular flexibility index (Phi) is 6.90. The summed E-state index contributed by atoms with van der Waals surface area (Å²) in [6.45, 7) is 10.3. The number of para-hydroxylation sites is 1. The number of nitrogens with zero attached hydrogens (tertiary/aromatic N) is 5. The number of piperazine rings is 1. The third-order valence-electron chi connectivity index (χ3n) is 5.94. The van der Waals surface area contributed by atoms with Crippen molar-refractivity contribution in [2.75, 3.05) is 41.7 Å². The number of fused-ring (bicyclic) bond motifs is 1. The number of carbonyl (C=O) groups is 1. The fraction of sp³-hybridized carbons (Fsp3) is 0.400. The first kappa shape index (κ1) is 23.4. The number of aromatic nitrogens is 3. The standard InChI is InChI=1S/C25H32N8O/c1-5-32-10-11-33(15-22(32)34)25-30-21(13-26)23(28-16(2)3)24(31-25)29-17(4)19-12-18-8-6-7-9-20(18)27-14-19/h6-9,12-14,16-17,26,28H,5,10-11,15H2,1-4H3,(H,29,30,31). The smallest absolute Gasteiger partial charge is 0.242 e. The number of benzene rings is 1. The summed E-state index contributed by atoms with van der Waals surface area (Å²) in [4.78, 5) is 30.2.